The quantitative estimate of drug-likeness (QED) is 0.723. The molecule has 0 saturated heterocycles. The molecule has 18 heavy (non-hydrogen) atoms. The third-order valence-corrected chi connectivity index (χ3v) is 3.71. The first-order valence-electron chi connectivity index (χ1n) is 6.99. The summed E-state index contributed by atoms with van der Waals surface area (Å²) in [4.78, 5) is 15.7. The van der Waals surface area contributed by atoms with E-state index >= 15 is 0 Å². The molecule has 0 radical (unpaired) electrons. The largest absolute Gasteiger partial charge is 0.368 e. The summed E-state index contributed by atoms with van der Waals surface area (Å²) >= 11 is 0. The predicted molar refractivity (Wildman–Crippen MR) is 73.6 cm³/mol. The minimum atomic E-state index is 0.0930. The molecule has 1 amide bonds. The van der Waals surface area contributed by atoms with Gasteiger partial charge in [0.15, 0.2) is 0 Å². The Bertz CT molecular complexity index is 248. The van der Waals surface area contributed by atoms with Gasteiger partial charge in [-0.3, -0.25) is 4.79 Å². The van der Waals surface area contributed by atoms with Gasteiger partial charge in [-0.1, -0.05) is 6.92 Å². The number of nitrogens with zero attached hydrogens (tertiary/aromatic N) is 2. The van der Waals surface area contributed by atoms with Gasteiger partial charge in [0, 0.05) is 20.1 Å². The van der Waals surface area contributed by atoms with Crippen LogP contribution in [0.3, 0.4) is 0 Å². The molecule has 0 aliphatic heterocycles. The lowest BCUT2D eigenvalue weighted by molar-refractivity contribution is -0.137. The van der Waals surface area contributed by atoms with Crippen LogP contribution in [0.25, 0.3) is 0 Å². The van der Waals surface area contributed by atoms with E-state index in [2.05, 4.69) is 11.8 Å². The molecule has 1 aliphatic rings. The van der Waals surface area contributed by atoms with E-state index in [1.165, 1.54) is 12.8 Å². The van der Waals surface area contributed by atoms with Crippen LogP contribution < -0.4 is 0 Å². The van der Waals surface area contributed by atoms with Crippen molar-refractivity contribution in [1.82, 2.24) is 9.80 Å². The van der Waals surface area contributed by atoms with Gasteiger partial charge in [-0.05, 0) is 45.7 Å². The summed E-state index contributed by atoms with van der Waals surface area (Å²) in [5.74, 6) is 0.916. The second-order valence-electron chi connectivity index (χ2n) is 5.81. The Morgan fingerprint density at radius 1 is 1.11 bits per heavy atom. The second-order valence-corrected chi connectivity index (χ2v) is 5.81. The molecule has 0 unspecified atom stereocenters. The van der Waals surface area contributed by atoms with E-state index in [-0.39, 0.29) is 12.5 Å². The molecule has 1 fully saturated rings. The SMILES string of the molecule is CC1CCC(OCC(=O)N(C)CCN(C)C)CC1. The number of hydrogen-bond acceptors (Lipinski definition) is 3. The minimum Gasteiger partial charge on any atom is -0.368 e. The lowest BCUT2D eigenvalue weighted by atomic mass is 9.89. The molecule has 106 valence electrons. The maximum atomic E-state index is 11.8. The van der Waals surface area contributed by atoms with Crippen molar-refractivity contribution in [2.75, 3.05) is 40.8 Å². The standard InChI is InChI=1S/C14H28N2O2/c1-12-5-7-13(8-6-12)18-11-14(17)16(4)10-9-15(2)3/h12-13H,5-11H2,1-4H3. The van der Waals surface area contributed by atoms with Crippen molar-refractivity contribution in [3.05, 3.63) is 0 Å². The molecule has 0 aromatic heterocycles. The summed E-state index contributed by atoms with van der Waals surface area (Å²) in [6.45, 7) is 4.18. The van der Waals surface area contributed by atoms with Crippen molar-refractivity contribution in [2.24, 2.45) is 5.92 Å². The fourth-order valence-corrected chi connectivity index (χ4v) is 2.17. The summed E-state index contributed by atoms with van der Waals surface area (Å²) in [5, 5.41) is 0. The first-order valence-corrected chi connectivity index (χ1v) is 6.99. The zero-order valence-electron chi connectivity index (χ0n) is 12.3. The van der Waals surface area contributed by atoms with E-state index in [4.69, 9.17) is 4.74 Å². The van der Waals surface area contributed by atoms with Crippen molar-refractivity contribution in [2.45, 2.75) is 38.7 Å². The normalized spacial score (nSPS) is 24.3. The molecule has 4 heteroatoms. The van der Waals surface area contributed by atoms with E-state index in [1.807, 2.05) is 21.1 Å². The molecular formula is C14H28N2O2. The molecule has 1 rings (SSSR count). The van der Waals surface area contributed by atoms with Crippen LogP contribution in [0.2, 0.25) is 0 Å². The summed E-state index contributed by atoms with van der Waals surface area (Å²) < 4.78 is 5.72. The number of rotatable bonds is 6. The highest BCUT2D eigenvalue weighted by atomic mass is 16.5. The van der Waals surface area contributed by atoms with Gasteiger partial charge in [0.05, 0.1) is 6.10 Å². The second kappa shape index (κ2) is 7.74. The van der Waals surface area contributed by atoms with Crippen LogP contribution in [0, 0.1) is 5.92 Å². The molecule has 1 saturated carbocycles. The number of amides is 1. The molecule has 0 bridgehead atoms. The van der Waals surface area contributed by atoms with Crippen LogP contribution in [-0.4, -0.2) is 62.7 Å². The van der Waals surface area contributed by atoms with Gasteiger partial charge in [-0.25, -0.2) is 0 Å². The Hall–Kier alpha value is -0.610. The maximum absolute atomic E-state index is 11.8. The fourth-order valence-electron chi connectivity index (χ4n) is 2.17. The maximum Gasteiger partial charge on any atom is 0.248 e. The van der Waals surface area contributed by atoms with Gasteiger partial charge in [-0.15, -0.1) is 0 Å². The van der Waals surface area contributed by atoms with E-state index in [0.717, 1.165) is 31.8 Å². The van der Waals surface area contributed by atoms with Crippen molar-refractivity contribution >= 4 is 5.91 Å². The van der Waals surface area contributed by atoms with E-state index in [9.17, 15) is 4.79 Å². The summed E-state index contributed by atoms with van der Waals surface area (Å²) in [7, 11) is 5.87. The van der Waals surface area contributed by atoms with Gasteiger partial charge < -0.3 is 14.5 Å². The molecular weight excluding hydrogens is 228 g/mol. The van der Waals surface area contributed by atoms with Gasteiger partial charge in [0.2, 0.25) is 5.91 Å². The monoisotopic (exact) mass is 256 g/mol. The van der Waals surface area contributed by atoms with Crippen molar-refractivity contribution in [3.8, 4) is 0 Å². The Kier molecular flexibility index (Phi) is 6.65. The highest BCUT2D eigenvalue weighted by molar-refractivity contribution is 5.77. The zero-order valence-corrected chi connectivity index (χ0v) is 12.3. The molecule has 0 N–H and O–H groups in total. The van der Waals surface area contributed by atoms with Crippen LogP contribution in [0.15, 0.2) is 0 Å². The molecule has 0 heterocycles. The molecule has 4 nitrogen and oxygen atoms in total. The minimum absolute atomic E-state index is 0.0930. The molecule has 0 aromatic carbocycles. The van der Waals surface area contributed by atoms with Crippen molar-refractivity contribution < 1.29 is 9.53 Å². The van der Waals surface area contributed by atoms with Crippen molar-refractivity contribution in [1.29, 1.82) is 0 Å². The third-order valence-electron chi connectivity index (χ3n) is 3.71. The number of carbonyl (C=O) groups excluding carboxylic acids is 1. The predicted octanol–water partition coefficient (Wildman–Crippen LogP) is 1.60. The Morgan fingerprint density at radius 2 is 1.72 bits per heavy atom. The molecule has 1 aliphatic carbocycles. The molecule has 0 spiro atoms. The fraction of sp³-hybridized carbons (Fsp3) is 0.929. The summed E-state index contributed by atoms with van der Waals surface area (Å²) in [6.07, 6.45) is 4.98. The Labute approximate surface area is 111 Å². The van der Waals surface area contributed by atoms with Crippen LogP contribution in [-0.2, 0) is 9.53 Å². The van der Waals surface area contributed by atoms with Gasteiger partial charge >= 0.3 is 0 Å². The highest BCUT2D eigenvalue weighted by Gasteiger charge is 2.20. The summed E-state index contributed by atoms with van der Waals surface area (Å²) in [5.41, 5.74) is 0. The lowest BCUT2D eigenvalue weighted by Crippen LogP contribution is -2.37. The smallest absolute Gasteiger partial charge is 0.248 e. The number of ether oxygens (including phenoxy) is 1. The lowest BCUT2D eigenvalue weighted by Gasteiger charge is -2.27. The van der Waals surface area contributed by atoms with Crippen molar-refractivity contribution in [3.63, 3.8) is 0 Å². The Morgan fingerprint density at radius 3 is 2.28 bits per heavy atom. The van der Waals surface area contributed by atoms with Gasteiger partial charge in [-0.2, -0.15) is 0 Å². The molecule has 0 aromatic rings. The van der Waals surface area contributed by atoms with Crippen LogP contribution >= 0.6 is 0 Å². The first kappa shape index (κ1) is 15.4. The van der Waals surface area contributed by atoms with Crippen LogP contribution in [0.4, 0.5) is 0 Å². The highest BCUT2D eigenvalue weighted by Crippen LogP contribution is 2.25. The number of carbonyl (C=O) groups is 1. The third kappa shape index (κ3) is 5.83. The average Bonchev–Trinajstić information content (AvgIpc) is 2.34. The van der Waals surface area contributed by atoms with Gasteiger partial charge in [0.1, 0.15) is 6.61 Å². The first-order chi connectivity index (χ1) is 8.49. The van der Waals surface area contributed by atoms with Gasteiger partial charge in [0.25, 0.3) is 0 Å². The summed E-state index contributed by atoms with van der Waals surface area (Å²) in [6, 6.07) is 0. The van der Waals surface area contributed by atoms with E-state index in [0.29, 0.717) is 6.10 Å². The molecule has 0 atom stereocenters. The topological polar surface area (TPSA) is 32.8 Å². The van der Waals surface area contributed by atoms with E-state index in [1.54, 1.807) is 4.90 Å². The van der Waals surface area contributed by atoms with E-state index < -0.39 is 0 Å². The Balaban J connectivity index is 2.16. The van der Waals surface area contributed by atoms with Crippen LogP contribution in [0.5, 0.6) is 0 Å². The zero-order chi connectivity index (χ0) is 13.5. The number of likely N-dealkylation sites (N-methyl/N-ethyl adjacent to an activating group) is 2. The average molecular weight is 256 g/mol. The number of hydrogen-bond donors (Lipinski definition) is 0. The van der Waals surface area contributed by atoms with Crippen LogP contribution in [0.1, 0.15) is 32.6 Å².